The SMILES string of the molecule is CCCC(NCC(CO)Cc1ccccc1C)C1CCC1. The second kappa shape index (κ2) is 8.55. The Balaban J connectivity index is 1.85. The molecule has 2 N–H and O–H groups in total. The minimum Gasteiger partial charge on any atom is -0.396 e. The summed E-state index contributed by atoms with van der Waals surface area (Å²) in [5.74, 6) is 1.20. The lowest BCUT2D eigenvalue weighted by molar-refractivity contribution is 0.184. The number of rotatable bonds is 9. The molecule has 0 heterocycles. The fourth-order valence-electron chi connectivity index (χ4n) is 3.33. The van der Waals surface area contributed by atoms with Gasteiger partial charge in [-0.1, -0.05) is 44.0 Å². The second-order valence-corrected chi connectivity index (χ2v) is 6.67. The maximum atomic E-state index is 9.69. The molecule has 0 saturated heterocycles. The molecule has 0 bridgehead atoms. The van der Waals surface area contributed by atoms with Crippen LogP contribution in [0.1, 0.15) is 50.2 Å². The Hall–Kier alpha value is -0.860. The van der Waals surface area contributed by atoms with Gasteiger partial charge in [-0.25, -0.2) is 0 Å². The Morgan fingerprint density at radius 3 is 2.62 bits per heavy atom. The van der Waals surface area contributed by atoms with Gasteiger partial charge in [-0.2, -0.15) is 0 Å². The zero-order chi connectivity index (χ0) is 15.1. The molecule has 2 unspecified atom stereocenters. The predicted octanol–water partition coefficient (Wildman–Crippen LogP) is 3.70. The van der Waals surface area contributed by atoms with E-state index in [1.54, 1.807) is 0 Å². The van der Waals surface area contributed by atoms with E-state index in [0.717, 1.165) is 18.9 Å². The fraction of sp³-hybridized carbons (Fsp3) is 0.684. The van der Waals surface area contributed by atoms with E-state index in [-0.39, 0.29) is 6.61 Å². The molecule has 1 aromatic carbocycles. The number of hydrogen-bond donors (Lipinski definition) is 2. The third-order valence-corrected chi connectivity index (χ3v) is 5.02. The van der Waals surface area contributed by atoms with Gasteiger partial charge < -0.3 is 10.4 Å². The zero-order valence-corrected chi connectivity index (χ0v) is 13.6. The lowest BCUT2D eigenvalue weighted by Gasteiger charge is -2.35. The van der Waals surface area contributed by atoms with Crippen LogP contribution >= 0.6 is 0 Å². The molecule has 118 valence electrons. The summed E-state index contributed by atoms with van der Waals surface area (Å²) < 4.78 is 0. The van der Waals surface area contributed by atoms with Gasteiger partial charge in [0.2, 0.25) is 0 Å². The first-order valence-corrected chi connectivity index (χ1v) is 8.63. The van der Waals surface area contributed by atoms with Crippen LogP contribution < -0.4 is 5.32 Å². The van der Waals surface area contributed by atoms with E-state index < -0.39 is 0 Å². The average molecular weight is 289 g/mol. The maximum absolute atomic E-state index is 9.69. The van der Waals surface area contributed by atoms with Crippen molar-refractivity contribution in [3.63, 3.8) is 0 Å². The van der Waals surface area contributed by atoms with Crippen LogP contribution in [-0.2, 0) is 6.42 Å². The minimum atomic E-state index is 0.269. The van der Waals surface area contributed by atoms with Gasteiger partial charge in [0.15, 0.2) is 0 Å². The number of aliphatic hydroxyl groups is 1. The van der Waals surface area contributed by atoms with Crippen molar-refractivity contribution in [1.82, 2.24) is 5.32 Å². The Bertz CT molecular complexity index is 414. The molecule has 21 heavy (non-hydrogen) atoms. The van der Waals surface area contributed by atoms with Crippen LogP contribution in [0.2, 0.25) is 0 Å². The number of aryl methyl sites for hydroxylation is 1. The van der Waals surface area contributed by atoms with Crippen molar-refractivity contribution in [3.8, 4) is 0 Å². The van der Waals surface area contributed by atoms with Gasteiger partial charge in [0.1, 0.15) is 0 Å². The normalized spacial score (nSPS) is 18.2. The third-order valence-electron chi connectivity index (χ3n) is 5.02. The highest BCUT2D eigenvalue weighted by Gasteiger charge is 2.26. The van der Waals surface area contributed by atoms with E-state index in [1.165, 1.54) is 43.2 Å². The molecule has 0 amide bonds. The summed E-state index contributed by atoms with van der Waals surface area (Å²) in [6.45, 7) is 5.63. The topological polar surface area (TPSA) is 32.3 Å². The first kappa shape index (κ1) is 16.5. The molecule has 1 aliphatic carbocycles. The lowest BCUT2D eigenvalue weighted by Crippen LogP contribution is -2.42. The van der Waals surface area contributed by atoms with Gasteiger partial charge in [-0.15, -0.1) is 0 Å². The van der Waals surface area contributed by atoms with Crippen molar-refractivity contribution >= 4 is 0 Å². The van der Waals surface area contributed by atoms with E-state index in [4.69, 9.17) is 0 Å². The molecule has 2 heteroatoms. The van der Waals surface area contributed by atoms with E-state index in [1.807, 2.05) is 0 Å². The van der Waals surface area contributed by atoms with Crippen LogP contribution in [0.5, 0.6) is 0 Å². The van der Waals surface area contributed by atoms with Crippen LogP contribution in [0.4, 0.5) is 0 Å². The Kier molecular flexibility index (Phi) is 6.72. The third kappa shape index (κ3) is 4.82. The number of benzene rings is 1. The molecule has 1 saturated carbocycles. The van der Waals surface area contributed by atoms with Gasteiger partial charge >= 0.3 is 0 Å². The highest BCUT2D eigenvalue weighted by molar-refractivity contribution is 5.25. The summed E-state index contributed by atoms with van der Waals surface area (Å²) in [5.41, 5.74) is 2.70. The van der Waals surface area contributed by atoms with E-state index in [2.05, 4.69) is 43.4 Å². The van der Waals surface area contributed by atoms with Crippen LogP contribution in [0.3, 0.4) is 0 Å². The van der Waals surface area contributed by atoms with E-state index in [9.17, 15) is 5.11 Å². The average Bonchev–Trinajstić information content (AvgIpc) is 2.43. The number of nitrogens with one attached hydrogen (secondary N) is 1. The largest absolute Gasteiger partial charge is 0.396 e. The van der Waals surface area contributed by atoms with Crippen LogP contribution in [0.15, 0.2) is 24.3 Å². The molecule has 1 fully saturated rings. The van der Waals surface area contributed by atoms with Crippen molar-refractivity contribution in [2.75, 3.05) is 13.2 Å². The molecule has 2 atom stereocenters. The summed E-state index contributed by atoms with van der Waals surface area (Å²) in [4.78, 5) is 0. The van der Waals surface area contributed by atoms with Crippen LogP contribution in [-0.4, -0.2) is 24.3 Å². The summed E-state index contributed by atoms with van der Waals surface area (Å²) in [6, 6.07) is 9.19. The molecular formula is C19H31NO. The first-order valence-electron chi connectivity index (χ1n) is 8.63. The van der Waals surface area contributed by atoms with Crippen molar-refractivity contribution in [1.29, 1.82) is 0 Å². The van der Waals surface area contributed by atoms with Crippen molar-refractivity contribution in [3.05, 3.63) is 35.4 Å². The Labute approximate surface area is 130 Å². The molecule has 0 radical (unpaired) electrons. The fourth-order valence-corrected chi connectivity index (χ4v) is 3.33. The minimum absolute atomic E-state index is 0.269. The lowest BCUT2D eigenvalue weighted by atomic mass is 9.78. The Morgan fingerprint density at radius 2 is 2.05 bits per heavy atom. The molecule has 1 aromatic rings. The summed E-state index contributed by atoms with van der Waals surface area (Å²) in [5, 5.41) is 13.4. The standard InChI is InChI=1S/C19H31NO/c1-3-7-19(17-10-6-11-17)20-13-16(14-21)12-18-9-5-4-8-15(18)2/h4-5,8-9,16-17,19-21H,3,6-7,10-14H2,1-2H3. The van der Waals surface area contributed by atoms with Crippen LogP contribution in [0.25, 0.3) is 0 Å². The molecular weight excluding hydrogens is 258 g/mol. The summed E-state index contributed by atoms with van der Waals surface area (Å²) in [7, 11) is 0. The smallest absolute Gasteiger partial charge is 0.0474 e. The highest BCUT2D eigenvalue weighted by Crippen LogP contribution is 2.31. The zero-order valence-electron chi connectivity index (χ0n) is 13.6. The maximum Gasteiger partial charge on any atom is 0.0474 e. The Morgan fingerprint density at radius 1 is 1.29 bits per heavy atom. The predicted molar refractivity (Wildman–Crippen MR) is 89.5 cm³/mol. The van der Waals surface area contributed by atoms with Gasteiger partial charge in [0.05, 0.1) is 0 Å². The first-order chi connectivity index (χ1) is 10.2. The van der Waals surface area contributed by atoms with E-state index in [0.29, 0.717) is 12.0 Å². The van der Waals surface area contributed by atoms with Crippen molar-refractivity contribution in [2.24, 2.45) is 11.8 Å². The quantitative estimate of drug-likeness (QED) is 0.726. The van der Waals surface area contributed by atoms with Gasteiger partial charge in [0, 0.05) is 19.2 Å². The highest BCUT2D eigenvalue weighted by atomic mass is 16.3. The number of hydrogen-bond acceptors (Lipinski definition) is 2. The van der Waals surface area contributed by atoms with Crippen molar-refractivity contribution < 1.29 is 5.11 Å². The number of aliphatic hydroxyl groups excluding tert-OH is 1. The molecule has 0 aromatic heterocycles. The van der Waals surface area contributed by atoms with E-state index >= 15 is 0 Å². The molecule has 0 spiro atoms. The monoisotopic (exact) mass is 289 g/mol. The summed E-state index contributed by atoms with van der Waals surface area (Å²) >= 11 is 0. The van der Waals surface area contributed by atoms with Gasteiger partial charge in [0.25, 0.3) is 0 Å². The van der Waals surface area contributed by atoms with Crippen LogP contribution in [0, 0.1) is 18.8 Å². The molecule has 0 aliphatic heterocycles. The molecule has 2 nitrogen and oxygen atoms in total. The second-order valence-electron chi connectivity index (χ2n) is 6.67. The summed E-state index contributed by atoms with van der Waals surface area (Å²) in [6.07, 6.45) is 7.67. The molecule has 2 rings (SSSR count). The van der Waals surface area contributed by atoms with Gasteiger partial charge in [-0.05, 0) is 55.6 Å². The van der Waals surface area contributed by atoms with Crippen molar-refractivity contribution in [2.45, 2.75) is 58.4 Å². The van der Waals surface area contributed by atoms with Gasteiger partial charge in [-0.3, -0.25) is 0 Å². The molecule has 1 aliphatic rings.